The number of carbonyl (C=O) groups excluding carboxylic acids is 2. The number of benzene rings is 1. The Morgan fingerprint density at radius 1 is 1.20 bits per heavy atom. The summed E-state index contributed by atoms with van der Waals surface area (Å²) in [6.07, 6.45) is 0. The molecule has 1 aromatic carbocycles. The van der Waals surface area contributed by atoms with Crippen LogP contribution in [-0.2, 0) is 11.3 Å². The number of para-hydroxylation sites is 1. The number of nitrogens with zero attached hydrogens (tertiary/aromatic N) is 1. The summed E-state index contributed by atoms with van der Waals surface area (Å²) in [5.74, 6) is 0.0393. The molecule has 0 saturated carbocycles. The zero-order valence-electron chi connectivity index (χ0n) is 14.3. The van der Waals surface area contributed by atoms with Gasteiger partial charge < -0.3 is 15.0 Å². The van der Waals surface area contributed by atoms with Gasteiger partial charge >= 0.3 is 0 Å². The van der Waals surface area contributed by atoms with Gasteiger partial charge in [0.25, 0.3) is 5.91 Å². The van der Waals surface area contributed by atoms with Crippen molar-refractivity contribution >= 4 is 34.8 Å². The number of hydrogen-bond donors (Lipinski definition) is 1. The van der Waals surface area contributed by atoms with Crippen LogP contribution >= 0.6 is 22.9 Å². The van der Waals surface area contributed by atoms with Crippen LogP contribution in [0, 0.1) is 0 Å². The number of ether oxygens (including phenoxy) is 1. The first-order chi connectivity index (χ1) is 12.0. The second-order valence-corrected chi connectivity index (χ2v) is 7.03. The van der Waals surface area contributed by atoms with Crippen molar-refractivity contribution in [2.24, 2.45) is 0 Å². The monoisotopic (exact) mass is 380 g/mol. The molecule has 0 atom stereocenters. The van der Waals surface area contributed by atoms with Gasteiger partial charge in [-0.2, -0.15) is 0 Å². The van der Waals surface area contributed by atoms with E-state index in [1.54, 1.807) is 29.2 Å². The molecule has 0 saturated heterocycles. The average Bonchev–Trinajstić information content (AvgIpc) is 3.03. The summed E-state index contributed by atoms with van der Waals surface area (Å²) in [6, 6.07) is 10.7. The van der Waals surface area contributed by atoms with Gasteiger partial charge in [-0.05, 0) is 38.1 Å². The summed E-state index contributed by atoms with van der Waals surface area (Å²) < 4.78 is 6.14. The lowest BCUT2D eigenvalue weighted by molar-refractivity contribution is -0.130. The summed E-state index contributed by atoms with van der Waals surface area (Å²) in [7, 11) is 0. The van der Waals surface area contributed by atoms with E-state index in [2.05, 4.69) is 5.32 Å². The van der Waals surface area contributed by atoms with Crippen LogP contribution in [0.25, 0.3) is 0 Å². The number of thiophene rings is 1. The van der Waals surface area contributed by atoms with Crippen LogP contribution in [0.2, 0.25) is 4.34 Å². The molecule has 0 bridgehead atoms. The standard InChI is InChI=1S/C18H21ClN2O3S/c1-3-21(12-13-9-10-16(19)25-13)17(22)11-20-18(23)14-7-5-6-8-15(14)24-4-2/h5-10H,3-4,11-12H2,1-2H3,(H,20,23). The van der Waals surface area contributed by atoms with E-state index in [1.807, 2.05) is 26.0 Å². The summed E-state index contributed by atoms with van der Waals surface area (Å²) in [6.45, 7) is 5.20. The molecule has 2 aromatic rings. The van der Waals surface area contributed by atoms with Crippen molar-refractivity contribution in [1.82, 2.24) is 10.2 Å². The summed E-state index contributed by atoms with van der Waals surface area (Å²) >= 11 is 7.37. The SMILES string of the molecule is CCOc1ccccc1C(=O)NCC(=O)N(CC)Cc1ccc(Cl)s1. The predicted molar refractivity (Wildman–Crippen MR) is 100 cm³/mol. The first-order valence-corrected chi connectivity index (χ1v) is 9.26. The van der Waals surface area contributed by atoms with E-state index in [9.17, 15) is 9.59 Å². The Morgan fingerprint density at radius 3 is 2.60 bits per heavy atom. The molecule has 2 rings (SSSR count). The van der Waals surface area contributed by atoms with E-state index >= 15 is 0 Å². The van der Waals surface area contributed by atoms with E-state index in [-0.39, 0.29) is 18.4 Å². The summed E-state index contributed by atoms with van der Waals surface area (Å²) in [4.78, 5) is 27.4. The normalized spacial score (nSPS) is 10.4. The minimum atomic E-state index is -0.326. The molecule has 5 nitrogen and oxygen atoms in total. The molecule has 1 heterocycles. The van der Waals surface area contributed by atoms with Crippen molar-refractivity contribution in [2.75, 3.05) is 19.7 Å². The second kappa shape index (κ2) is 9.44. The van der Waals surface area contributed by atoms with Crippen LogP contribution in [0.5, 0.6) is 5.75 Å². The van der Waals surface area contributed by atoms with Crippen LogP contribution in [-0.4, -0.2) is 36.4 Å². The topological polar surface area (TPSA) is 58.6 Å². The molecule has 0 unspecified atom stereocenters. The molecule has 0 aliphatic heterocycles. The second-order valence-electron chi connectivity index (χ2n) is 5.23. The lowest BCUT2D eigenvalue weighted by Gasteiger charge is -2.20. The molecule has 0 spiro atoms. The number of nitrogens with one attached hydrogen (secondary N) is 1. The number of amides is 2. The minimum Gasteiger partial charge on any atom is -0.493 e. The first kappa shape index (κ1) is 19.3. The van der Waals surface area contributed by atoms with Gasteiger partial charge in [0.1, 0.15) is 5.75 Å². The van der Waals surface area contributed by atoms with Crippen LogP contribution in [0.4, 0.5) is 0 Å². The van der Waals surface area contributed by atoms with Gasteiger partial charge in [-0.1, -0.05) is 23.7 Å². The first-order valence-electron chi connectivity index (χ1n) is 8.07. The van der Waals surface area contributed by atoms with E-state index in [0.717, 1.165) is 4.88 Å². The Morgan fingerprint density at radius 2 is 1.96 bits per heavy atom. The molecular weight excluding hydrogens is 360 g/mol. The fraction of sp³-hybridized carbons (Fsp3) is 0.333. The van der Waals surface area contributed by atoms with Gasteiger partial charge in [0.05, 0.1) is 29.6 Å². The van der Waals surface area contributed by atoms with E-state index in [1.165, 1.54) is 11.3 Å². The maximum atomic E-state index is 12.4. The molecule has 0 aliphatic carbocycles. The lowest BCUT2D eigenvalue weighted by Crippen LogP contribution is -2.39. The molecule has 0 aliphatic rings. The molecular formula is C18H21ClN2O3S. The van der Waals surface area contributed by atoms with Gasteiger partial charge in [0.2, 0.25) is 5.91 Å². The number of halogens is 1. The van der Waals surface area contributed by atoms with E-state index in [0.29, 0.717) is 35.3 Å². The predicted octanol–water partition coefficient (Wildman–Crippen LogP) is 3.58. The van der Waals surface area contributed by atoms with Gasteiger partial charge in [-0.15, -0.1) is 11.3 Å². The highest BCUT2D eigenvalue weighted by Crippen LogP contribution is 2.22. The molecule has 0 radical (unpaired) electrons. The molecule has 25 heavy (non-hydrogen) atoms. The van der Waals surface area contributed by atoms with E-state index < -0.39 is 0 Å². The van der Waals surface area contributed by atoms with Gasteiger partial charge in [0, 0.05) is 11.4 Å². The van der Waals surface area contributed by atoms with Crippen molar-refractivity contribution < 1.29 is 14.3 Å². The quantitative estimate of drug-likeness (QED) is 0.761. The maximum Gasteiger partial charge on any atom is 0.255 e. The lowest BCUT2D eigenvalue weighted by atomic mass is 10.2. The van der Waals surface area contributed by atoms with Crippen molar-refractivity contribution in [3.05, 3.63) is 51.2 Å². The number of rotatable bonds is 8. The minimum absolute atomic E-state index is 0.0633. The maximum absolute atomic E-state index is 12.4. The number of hydrogen-bond acceptors (Lipinski definition) is 4. The van der Waals surface area contributed by atoms with Gasteiger partial charge in [-0.3, -0.25) is 9.59 Å². The Balaban J connectivity index is 1.94. The molecule has 1 aromatic heterocycles. The molecule has 0 fully saturated rings. The third kappa shape index (κ3) is 5.47. The number of likely N-dealkylation sites (N-methyl/N-ethyl adjacent to an activating group) is 1. The van der Waals surface area contributed by atoms with Crippen molar-refractivity contribution in [1.29, 1.82) is 0 Å². The fourth-order valence-electron chi connectivity index (χ4n) is 2.30. The Labute approximate surface area is 156 Å². The molecule has 1 N–H and O–H groups in total. The van der Waals surface area contributed by atoms with Crippen LogP contribution in [0.15, 0.2) is 36.4 Å². The van der Waals surface area contributed by atoms with Crippen LogP contribution < -0.4 is 10.1 Å². The highest BCUT2D eigenvalue weighted by atomic mass is 35.5. The van der Waals surface area contributed by atoms with Crippen molar-refractivity contribution in [3.8, 4) is 5.75 Å². The summed E-state index contributed by atoms with van der Waals surface area (Å²) in [5, 5.41) is 2.67. The molecule has 2 amide bonds. The largest absolute Gasteiger partial charge is 0.493 e. The number of carbonyl (C=O) groups is 2. The summed E-state index contributed by atoms with van der Waals surface area (Å²) in [5.41, 5.74) is 0.422. The Bertz CT molecular complexity index is 733. The third-order valence-corrected chi connectivity index (χ3v) is 4.76. The van der Waals surface area contributed by atoms with Crippen LogP contribution in [0.1, 0.15) is 29.1 Å². The van der Waals surface area contributed by atoms with Crippen LogP contribution in [0.3, 0.4) is 0 Å². The molecule has 134 valence electrons. The highest BCUT2D eigenvalue weighted by Gasteiger charge is 2.17. The van der Waals surface area contributed by atoms with E-state index in [4.69, 9.17) is 16.3 Å². The zero-order valence-corrected chi connectivity index (χ0v) is 15.8. The van der Waals surface area contributed by atoms with Crippen molar-refractivity contribution in [3.63, 3.8) is 0 Å². The Kier molecular flexibility index (Phi) is 7.28. The molecule has 7 heteroatoms. The average molecular weight is 381 g/mol. The van der Waals surface area contributed by atoms with Gasteiger partial charge in [0.15, 0.2) is 0 Å². The zero-order chi connectivity index (χ0) is 18.2. The van der Waals surface area contributed by atoms with Gasteiger partial charge in [-0.25, -0.2) is 0 Å². The third-order valence-electron chi connectivity index (χ3n) is 3.54. The Hall–Kier alpha value is -2.05. The van der Waals surface area contributed by atoms with Crippen molar-refractivity contribution in [2.45, 2.75) is 20.4 Å². The fourth-order valence-corrected chi connectivity index (χ4v) is 3.40. The highest BCUT2D eigenvalue weighted by molar-refractivity contribution is 7.16. The smallest absolute Gasteiger partial charge is 0.255 e.